The molecule has 0 aliphatic rings. The molecule has 0 radical (unpaired) electrons. The standard InChI is InChI=1S/C19H16N2O4S/c22-19(20-15-7-3-1-4-8-15)21-16-11-13-18(14-12-16)26(23,24)25-17-9-5-2-6-10-17/h1-14H,(H2,20,21,22). The van der Waals surface area contributed by atoms with Gasteiger partial charge in [-0.1, -0.05) is 36.4 Å². The van der Waals surface area contributed by atoms with Gasteiger partial charge < -0.3 is 14.8 Å². The zero-order valence-electron chi connectivity index (χ0n) is 13.6. The van der Waals surface area contributed by atoms with Crippen LogP contribution in [0.3, 0.4) is 0 Å². The molecule has 2 N–H and O–H groups in total. The highest BCUT2D eigenvalue weighted by Gasteiger charge is 2.16. The van der Waals surface area contributed by atoms with Gasteiger partial charge in [0.15, 0.2) is 0 Å². The van der Waals surface area contributed by atoms with Crippen molar-refractivity contribution in [2.45, 2.75) is 4.90 Å². The minimum Gasteiger partial charge on any atom is -0.379 e. The second kappa shape index (κ2) is 7.71. The van der Waals surface area contributed by atoms with E-state index in [1.54, 1.807) is 42.5 Å². The van der Waals surface area contributed by atoms with E-state index < -0.39 is 16.1 Å². The zero-order valence-corrected chi connectivity index (χ0v) is 14.4. The molecule has 0 fully saturated rings. The lowest BCUT2D eigenvalue weighted by Crippen LogP contribution is -2.19. The predicted octanol–water partition coefficient (Wildman–Crippen LogP) is 4.10. The molecule has 0 saturated carbocycles. The van der Waals surface area contributed by atoms with Gasteiger partial charge in [0.25, 0.3) is 0 Å². The van der Waals surface area contributed by atoms with Crippen LogP contribution >= 0.6 is 0 Å². The Balaban J connectivity index is 1.65. The molecule has 6 nitrogen and oxygen atoms in total. The SMILES string of the molecule is O=C(Nc1ccccc1)Nc1ccc(S(=O)(=O)Oc2ccccc2)cc1. The van der Waals surface area contributed by atoms with Gasteiger partial charge in [-0.25, -0.2) is 4.79 Å². The molecular formula is C19H16N2O4S. The van der Waals surface area contributed by atoms with E-state index in [1.165, 1.54) is 24.3 Å². The van der Waals surface area contributed by atoms with E-state index >= 15 is 0 Å². The number of carbonyl (C=O) groups is 1. The largest absolute Gasteiger partial charge is 0.379 e. The number of hydrogen-bond donors (Lipinski definition) is 2. The zero-order chi connectivity index (χ0) is 18.4. The fraction of sp³-hybridized carbons (Fsp3) is 0. The third kappa shape index (κ3) is 4.61. The third-order valence-electron chi connectivity index (χ3n) is 3.38. The summed E-state index contributed by atoms with van der Waals surface area (Å²) in [7, 11) is -3.94. The first-order chi connectivity index (χ1) is 12.5. The fourth-order valence-corrected chi connectivity index (χ4v) is 3.10. The molecule has 0 heterocycles. The van der Waals surface area contributed by atoms with Crippen molar-refractivity contribution in [2.24, 2.45) is 0 Å². The van der Waals surface area contributed by atoms with Gasteiger partial charge in [0.2, 0.25) is 0 Å². The number of urea groups is 1. The highest BCUT2D eigenvalue weighted by atomic mass is 32.2. The van der Waals surface area contributed by atoms with Crippen molar-refractivity contribution in [1.82, 2.24) is 0 Å². The maximum absolute atomic E-state index is 12.3. The van der Waals surface area contributed by atoms with Crippen molar-refractivity contribution < 1.29 is 17.4 Å². The van der Waals surface area contributed by atoms with E-state index in [0.717, 1.165) is 0 Å². The highest BCUT2D eigenvalue weighted by molar-refractivity contribution is 7.87. The first-order valence-corrected chi connectivity index (χ1v) is 9.16. The van der Waals surface area contributed by atoms with Crippen LogP contribution in [0.1, 0.15) is 0 Å². The lowest BCUT2D eigenvalue weighted by molar-refractivity contribution is 0.262. The van der Waals surface area contributed by atoms with Crippen molar-refractivity contribution in [3.63, 3.8) is 0 Å². The number of anilines is 2. The Morgan fingerprint density at radius 1 is 0.692 bits per heavy atom. The Morgan fingerprint density at radius 3 is 1.77 bits per heavy atom. The van der Waals surface area contributed by atoms with Crippen LogP contribution in [-0.4, -0.2) is 14.4 Å². The molecule has 3 aromatic rings. The number of carbonyl (C=O) groups excluding carboxylic acids is 1. The predicted molar refractivity (Wildman–Crippen MR) is 99.8 cm³/mol. The van der Waals surface area contributed by atoms with Crippen LogP contribution in [0.4, 0.5) is 16.2 Å². The van der Waals surface area contributed by atoms with Gasteiger partial charge in [0.05, 0.1) is 0 Å². The van der Waals surface area contributed by atoms with Crippen molar-refractivity contribution in [3.05, 3.63) is 84.9 Å². The number of hydrogen-bond acceptors (Lipinski definition) is 4. The first kappa shape index (κ1) is 17.5. The second-order valence-corrected chi connectivity index (χ2v) is 6.87. The summed E-state index contributed by atoms with van der Waals surface area (Å²) >= 11 is 0. The Bertz CT molecular complexity index is 973. The van der Waals surface area contributed by atoms with Crippen LogP contribution in [0.15, 0.2) is 89.8 Å². The van der Waals surface area contributed by atoms with E-state index in [-0.39, 0.29) is 10.6 Å². The van der Waals surface area contributed by atoms with Gasteiger partial charge in [-0.3, -0.25) is 0 Å². The Kier molecular flexibility index (Phi) is 5.19. The van der Waals surface area contributed by atoms with Crippen LogP contribution in [-0.2, 0) is 10.1 Å². The number of nitrogens with one attached hydrogen (secondary N) is 2. The van der Waals surface area contributed by atoms with Crippen molar-refractivity contribution in [1.29, 1.82) is 0 Å². The molecule has 0 saturated heterocycles. The van der Waals surface area contributed by atoms with Gasteiger partial charge in [-0.15, -0.1) is 0 Å². The van der Waals surface area contributed by atoms with Crippen molar-refractivity contribution in [2.75, 3.05) is 10.6 Å². The molecule has 2 amide bonds. The number of amides is 2. The quantitative estimate of drug-likeness (QED) is 0.664. The molecular weight excluding hydrogens is 352 g/mol. The normalized spacial score (nSPS) is 10.8. The molecule has 0 unspecified atom stereocenters. The summed E-state index contributed by atoms with van der Waals surface area (Å²) in [4.78, 5) is 11.9. The average Bonchev–Trinajstić information content (AvgIpc) is 2.63. The van der Waals surface area contributed by atoms with Crippen LogP contribution in [0.25, 0.3) is 0 Å². The van der Waals surface area contributed by atoms with Crippen LogP contribution in [0.5, 0.6) is 5.75 Å². The summed E-state index contributed by atoms with van der Waals surface area (Å²) in [5, 5.41) is 5.31. The Hall–Kier alpha value is -3.32. The number of para-hydroxylation sites is 2. The van der Waals surface area contributed by atoms with Crippen molar-refractivity contribution >= 4 is 27.5 Å². The molecule has 3 rings (SSSR count). The molecule has 0 atom stereocenters. The maximum Gasteiger partial charge on any atom is 0.339 e. The molecule has 26 heavy (non-hydrogen) atoms. The summed E-state index contributed by atoms with van der Waals surface area (Å²) in [6.07, 6.45) is 0. The van der Waals surface area contributed by atoms with Gasteiger partial charge in [0.1, 0.15) is 10.6 Å². The molecule has 7 heteroatoms. The molecule has 132 valence electrons. The summed E-state index contributed by atoms with van der Waals surface area (Å²) in [5.74, 6) is 0.233. The number of benzene rings is 3. The van der Waals surface area contributed by atoms with Crippen LogP contribution in [0, 0.1) is 0 Å². The fourth-order valence-electron chi connectivity index (χ4n) is 2.17. The Morgan fingerprint density at radius 2 is 1.19 bits per heavy atom. The van der Waals surface area contributed by atoms with Gasteiger partial charge in [-0.2, -0.15) is 8.42 Å². The summed E-state index contributed by atoms with van der Waals surface area (Å²) in [6.45, 7) is 0. The molecule has 0 bridgehead atoms. The average molecular weight is 368 g/mol. The summed E-state index contributed by atoms with van der Waals surface area (Å²) in [6, 6.07) is 22.5. The molecule has 0 aliphatic heterocycles. The van der Waals surface area contributed by atoms with E-state index in [1.807, 2.05) is 18.2 Å². The van der Waals surface area contributed by atoms with Crippen LogP contribution in [0.2, 0.25) is 0 Å². The van der Waals surface area contributed by atoms with Gasteiger partial charge >= 0.3 is 16.1 Å². The molecule has 3 aromatic carbocycles. The third-order valence-corrected chi connectivity index (χ3v) is 4.64. The Labute approximate surface area is 151 Å². The van der Waals surface area contributed by atoms with Crippen LogP contribution < -0.4 is 14.8 Å². The van der Waals surface area contributed by atoms with E-state index in [0.29, 0.717) is 11.4 Å². The maximum atomic E-state index is 12.3. The second-order valence-electron chi connectivity index (χ2n) is 5.32. The first-order valence-electron chi connectivity index (χ1n) is 7.76. The minimum absolute atomic E-state index is 0.00429. The van der Waals surface area contributed by atoms with Gasteiger partial charge in [-0.05, 0) is 48.5 Å². The highest BCUT2D eigenvalue weighted by Crippen LogP contribution is 2.20. The number of rotatable bonds is 5. The lowest BCUT2D eigenvalue weighted by atomic mass is 10.3. The van der Waals surface area contributed by atoms with Gasteiger partial charge in [0, 0.05) is 11.4 Å². The topological polar surface area (TPSA) is 84.5 Å². The summed E-state index contributed by atoms with van der Waals surface area (Å²) in [5.41, 5.74) is 1.11. The van der Waals surface area contributed by atoms with E-state index in [2.05, 4.69) is 10.6 Å². The van der Waals surface area contributed by atoms with Crippen molar-refractivity contribution in [3.8, 4) is 5.75 Å². The lowest BCUT2D eigenvalue weighted by Gasteiger charge is -2.09. The molecule has 0 aromatic heterocycles. The minimum atomic E-state index is -3.94. The smallest absolute Gasteiger partial charge is 0.339 e. The summed E-state index contributed by atoms with van der Waals surface area (Å²) < 4.78 is 29.6. The van der Waals surface area contributed by atoms with E-state index in [9.17, 15) is 13.2 Å². The molecule has 0 spiro atoms. The molecule has 0 aliphatic carbocycles. The monoisotopic (exact) mass is 368 g/mol. The van der Waals surface area contributed by atoms with E-state index in [4.69, 9.17) is 4.18 Å².